The number of hydrogen-bond donors (Lipinski definition) is 1. The molecule has 1 aromatic rings. The number of carbonyl (C=O) groups excluding carboxylic acids is 1. The van der Waals surface area contributed by atoms with E-state index in [1.807, 2.05) is 24.3 Å². The molecule has 0 aliphatic heterocycles. The molecule has 0 aliphatic rings. The maximum absolute atomic E-state index is 11.0. The number of hydrogen-bond acceptors (Lipinski definition) is 4. The first kappa shape index (κ1) is 12.5. The standard InChI is InChI=1S/C10H12BrNO2S/c1-14-10(13)9(12)6-15-8-4-2-7(11)3-5-8/h2-5,9H,6,12H2,1H3. The molecule has 1 atom stereocenters. The summed E-state index contributed by atoms with van der Waals surface area (Å²) >= 11 is 4.89. The van der Waals surface area contributed by atoms with Crippen LogP contribution in [-0.4, -0.2) is 24.9 Å². The average Bonchev–Trinajstić information content (AvgIpc) is 2.26. The van der Waals surface area contributed by atoms with E-state index in [2.05, 4.69) is 20.7 Å². The quantitative estimate of drug-likeness (QED) is 0.681. The number of methoxy groups -OCH3 is 1. The molecule has 0 aromatic heterocycles. The second-order valence-electron chi connectivity index (χ2n) is 2.89. The maximum atomic E-state index is 11.0. The molecule has 0 fully saturated rings. The highest BCUT2D eigenvalue weighted by Gasteiger charge is 2.13. The van der Waals surface area contributed by atoms with Crippen molar-refractivity contribution in [2.75, 3.05) is 12.9 Å². The summed E-state index contributed by atoms with van der Waals surface area (Å²) in [5, 5.41) is 0. The lowest BCUT2D eigenvalue weighted by Crippen LogP contribution is -2.33. The van der Waals surface area contributed by atoms with E-state index in [0.29, 0.717) is 5.75 Å². The van der Waals surface area contributed by atoms with Crippen molar-refractivity contribution in [2.45, 2.75) is 10.9 Å². The molecule has 0 radical (unpaired) electrons. The third-order valence-electron chi connectivity index (χ3n) is 1.75. The predicted molar refractivity (Wildman–Crippen MR) is 64.9 cm³/mol. The van der Waals surface area contributed by atoms with Crippen LogP contribution in [0.5, 0.6) is 0 Å². The number of nitrogens with two attached hydrogens (primary N) is 1. The molecular formula is C10H12BrNO2S. The van der Waals surface area contributed by atoms with Crippen molar-refractivity contribution in [3.05, 3.63) is 28.7 Å². The Labute approximate surface area is 101 Å². The minimum Gasteiger partial charge on any atom is -0.468 e. The van der Waals surface area contributed by atoms with Gasteiger partial charge in [-0.15, -0.1) is 11.8 Å². The molecule has 5 heteroatoms. The first-order chi connectivity index (χ1) is 7.13. The molecule has 2 N–H and O–H groups in total. The van der Waals surface area contributed by atoms with Gasteiger partial charge in [-0.3, -0.25) is 4.79 Å². The van der Waals surface area contributed by atoms with Crippen molar-refractivity contribution < 1.29 is 9.53 Å². The van der Waals surface area contributed by atoms with E-state index in [9.17, 15) is 4.79 Å². The van der Waals surface area contributed by atoms with Crippen LogP contribution in [0.25, 0.3) is 0 Å². The minimum atomic E-state index is -0.566. The molecule has 0 heterocycles. The number of carbonyl (C=O) groups is 1. The molecule has 0 aliphatic carbocycles. The molecule has 1 unspecified atom stereocenters. The van der Waals surface area contributed by atoms with E-state index in [1.165, 1.54) is 18.9 Å². The topological polar surface area (TPSA) is 52.3 Å². The fourth-order valence-electron chi connectivity index (χ4n) is 0.936. The van der Waals surface area contributed by atoms with Crippen molar-refractivity contribution in [1.29, 1.82) is 0 Å². The second-order valence-corrected chi connectivity index (χ2v) is 4.90. The third-order valence-corrected chi connectivity index (χ3v) is 3.41. The van der Waals surface area contributed by atoms with Crippen LogP contribution in [0.15, 0.2) is 33.6 Å². The van der Waals surface area contributed by atoms with E-state index in [0.717, 1.165) is 9.37 Å². The van der Waals surface area contributed by atoms with Gasteiger partial charge < -0.3 is 10.5 Å². The van der Waals surface area contributed by atoms with Crippen molar-refractivity contribution in [3.8, 4) is 0 Å². The SMILES string of the molecule is COC(=O)C(N)CSc1ccc(Br)cc1. The van der Waals surface area contributed by atoms with Crippen molar-refractivity contribution >= 4 is 33.7 Å². The van der Waals surface area contributed by atoms with E-state index >= 15 is 0 Å². The monoisotopic (exact) mass is 289 g/mol. The molecule has 1 aromatic carbocycles. The Bertz CT molecular complexity index is 329. The van der Waals surface area contributed by atoms with Crippen LogP contribution in [0.1, 0.15) is 0 Å². The van der Waals surface area contributed by atoms with Gasteiger partial charge in [0.25, 0.3) is 0 Å². The Kier molecular flexibility index (Phi) is 5.14. The fourth-order valence-corrected chi connectivity index (χ4v) is 2.04. The predicted octanol–water partition coefficient (Wildman–Crippen LogP) is 2.04. The molecule has 82 valence electrons. The lowest BCUT2D eigenvalue weighted by molar-refractivity contribution is -0.141. The molecule has 0 saturated carbocycles. The van der Waals surface area contributed by atoms with Gasteiger partial charge in [0.2, 0.25) is 0 Å². The van der Waals surface area contributed by atoms with Crippen molar-refractivity contribution in [2.24, 2.45) is 5.73 Å². The summed E-state index contributed by atoms with van der Waals surface area (Å²) in [6.07, 6.45) is 0. The maximum Gasteiger partial charge on any atom is 0.323 e. The van der Waals surface area contributed by atoms with Crippen LogP contribution in [0.4, 0.5) is 0 Å². The Morgan fingerprint density at radius 2 is 2.13 bits per heavy atom. The van der Waals surface area contributed by atoms with Crippen LogP contribution in [0, 0.1) is 0 Å². The minimum absolute atomic E-state index is 0.375. The summed E-state index contributed by atoms with van der Waals surface area (Å²) in [6, 6.07) is 7.28. The van der Waals surface area contributed by atoms with Gasteiger partial charge in [0.1, 0.15) is 6.04 Å². The molecule has 0 amide bonds. The molecule has 1 rings (SSSR count). The van der Waals surface area contributed by atoms with Gasteiger partial charge >= 0.3 is 5.97 Å². The summed E-state index contributed by atoms with van der Waals surface area (Å²) in [4.78, 5) is 12.1. The highest BCUT2D eigenvalue weighted by Crippen LogP contribution is 2.20. The third kappa shape index (κ3) is 4.24. The van der Waals surface area contributed by atoms with Crippen molar-refractivity contribution in [3.63, 3.8) is 0 Å². The molecular weight excluding hydrogens is 278 g/mol. The average molecular weight is 290 g/mol. The van der Waals surface area contributed by atoms with Crippen molar-refractivity contribution in [1.82, 2.24) is 0 Å². The van der Waals surface area contributed by atoms with Gasteiger partial charge in [0.15, 0.2) is 0 Å². The highest BCUT2D eigenvalue weighted by molar-refractivity contribution is 9.10. The first-order valence-electron chi connectivity index (χ1n) is 4.35. The lowest BCUT2D eigenvalue weighted by Gasteiger charge is -2.08. The zero-order valence-corrected chi connectivity index (χ0v) is 10.7. The van der Waals surface area contributed by atoms with E-state index in [-0.39, 0.29) is 5.97 Å². The zero-order chi connectivity index (χ0) is 11.3. The van der Waals surface area contributed by atoms with Gasteiger partial charge in [0.05, 0.1) is 7.11 Å². The van der Waals surface area contributed by atoms with Gasteiger partial charge in [-0.25, -0.2) is 0 Å². The van der Waals surface area contributed by atoms with Gasteiger partial charge in [0, 0.05) is 15.1 Å². The van der Waals surface area contributed by atoms with Crippen LogP contribution >= 0.6 is 27.7 Å². The van der Waals surface area contributed by atoms with Crippen LogP contribution < -0.4 is 5.73 Å². The van der Waals surface area contributed by atoms with Gasteiger partial charge in [-0.1, -0.05) is 15.9 Å². The number of thioether (sulfide) groups is 1. The van der Waals surface area contributed by atoms with Gasteiger partial charge in [-0.05, 0) is 24.3 Å². The van der Waals surface area contributed by atoms with Gasteiger partial charge in [-0.2, -0.15) is 0 Å². The largest absolute Gasteiger partial charge is 0.468 e. The summed E-state index contributed by atoms with van der Waals surface area (Å²) in [6.45, 7) is 0. The summed E-state index contributed by atoms with van der Waals surface area (Å²) in [7, 11) is 1.34. The summed E-state index contributed by atoms with van der Waals surface area (Å²) < 4.78 is 5.57. The number of halogens is 1. The fraction of sp³-hybridized carbons (Fsp3) is 0.300. The Morgan fingerprint density at radius 1 is 1.53 bits per heavy atom. The van der Waals surface area contributed by atoms with Crippen LogP contribution in [0.2, 0.25) is 0 Å². The summed E-state index contributed by atoms with van der Waals surface area (Å²) in [5.74, 6) is 0.147. The summed E-state index contributed by atoms with van der Waals surface area (Å²) in [5.41, 5.74) is 5.60. The number of benzene rings is 1. The Balaban J connectivity index is 2.43. The number of ether oxygens (including phenoxy) is 1. The Hall–Kier alpha value is -0.520. The molecule has 3 nitrogen and oxygen atoms in total. The van der Waals surface area contributed by atoms with Crippen LogP contribution in [-0.2, 0) is 9.53 Å². The lowest BCUT2D eigenvalue weighted by atomic mass is 10.4. The number of esters is 1. The normalized spacial score (nSPS) is 12.2. The Morgan fingerprint density at radius 3 is 2.67 bits per heavy atom. The van der Waals surface area contributed by atoms with Crippen LogP contribution in [0.3, 0.4) is 0 Å². The van der Waals surface area contributed by atoms with E-state index in [1.54, 1.807) is 0 Å². The molecule has 0 bridgehead atoms. The molecule has 15 heavy (non-hydrogen) atoms. The van der Waals surface area contributed by atoms with E-state index < -0.39 is 6.04 Å². The number of rotatable bonds is 4. The molecule has 0 spiro atoms. The molecule has 0 saturated heterocycles. The van der Waals surface area contributed by atoms with E-state index in [4.69, 9.17) is 5.73 Å². The highest BCUT2D eigenvalue weighted by atomic mass is 79.9. The first-order valence-corrected chi connectivity index (χ1v) is 6.13. The zero-order valence-electron chi connectivity index (χ0n) is 8.27. The second kappa shape index (κ2) is 6.15. The smallest absolute Gasteiger partial charge is 0.323 e.